The van der Waals surface area contributed by atoms with Gasteiger partial charge in [0.2, 0.25) is 0 Å². The van der Waals surface area contributed by atoms with Gasteiger partial charge >= 0.3 is 0 Å². The molecule has 2 aliphatic rings. The molecule has 1 heteroatoms. The molecular weight excluding hydrogens is 208 g/mol. The zero-order valence-electron chi connectivity index (χ0n) is 11.3. The summed E-state index contributed by atoms with van der Waals surface area (Å²) in [6, 6.07) is 0. The van der Waals surface area contributed by atoms with E-state index in [-0.39, 0.29) is 11.2 Å². The zero-order valence-corrected chi connectivity index (χ0v) is 11.3. The molecule has 2 saturated carbocycles. The molecule has 0 aliphatic heterocycles. The largest absolute Gasteiger partial charge is 0.295 e. The van der Waals surface area contributed by atoms with E-state index >= 15 is 0 Å². The molecule has 0 heterocycles. The average molecular weight is 232 g/mol. The molecule has 4 atom stereocenters. The number of carbonyl (C=O) groups excluding carboxylic acids is 1. The van der Waals surface area contributed by atoms with Crippen LogP contribution in [0.2, 0.25) is 0 Å². The highest BCUT2D eigenvalue weighted by Gasteiger charge is 2.47. The second kappa shape index (κ2) is 4.44. The van der Waals surface area contributed by atoms with Crippen LogP contribution in [0.4, 0.5) is 0 Å². The fourth-order valence-corrected chi connectivity index (χ4v) is 3.85. The van der Waals surface area contributed by atoms with Gasteiger partial charge in [-0.3, -0.25) is 4.79 Å². The van der Waals surface area contributed by atoms with Gasteiger partial charge in [-0.25, -0.2) is 0 Å². The summed E-state index contributed by atoms with van der Waals surface area (Å²) < 4.78 is 0. The van der Waals surface area contributed by atoms with Crippen molar-refractivity contribution in [2.24, 2.45) is 23.2 Å². The van der Waals surface area contributed by atoms with E-state index in [1.54, 1.807) is 13.0 Å². The first kappa shape index (κ1) is 12.6. The van der Waals surface area contributed by atoms with Crippen molar-refractivity contribution in [3.8, 4) is 0 Å². The van der Waals surface area contributed by atoms with Crippen LogP contribution in [-0.2, 0) is 4.79 Å². The van der Waals surface area contributed by atoms with Crippen molar-refractivity contribution in [2.75, 3.05) is 0 Å². The van der Waals surface area contributed by atoms with Gasteiger partial charge in [-0.05, 0) is 56.9 Å². The first-order valence-corrected chi connectivity index (χ1v) is 6.79. The minimum absolute atomic E-state index is 0.0194. The standard InChI is InChI=1S/C16H24O/c1-11(2)16(4,8-7-12(3)17)15-10-13-5-6-14(15)9-13/h7-8,13-15H,1,5-6,9-10H2,2-4H3. The Hall–Kier alpha value is -0.850. The van der Waals surface area contributed by atoms with Gasteiger partial charge in [-0.15, -0.1) is 0 Å². The van der Waals surface area contributed by atoms with Crippen molar-refractivity contribution in [3.05, 3.63) is 24.3 Å². The SMILES string of the molecule is C=C(C)C(C)(C=CC(C)=O)C1CC2CCC1C2. The number of ketones is 1. The molecule has 17 heavy (non-hydrogen) atoms. The van der Waals surface area contributed by atoms with Crippen molar-refractivity contribution < 1.29 is 4.79 Å². The second-order valence-corrected chi connectivity index (χ2v) is 6.29. The molecule has 4 unspecified atom stereocenters. The highest BCUT2D eigenvalue weighted by atomic mass is 16.1. The van der Waals surface area contributed by atoms with Gasteiger partial charge < -0.3 is 0 Å². The van der Waals surface area contributed by atoms with Crippen molar-refractivity contribution in [1.29, 1.82) is 0 Å². The van der Waals surface area contributed by atoms with Crippen LogP contribution in [-0.4, -0.2) is 5.78 Å². The summed E-state index contributed by atoms with van der Waals surface area (Å²) in [6.45, 7) is 10.2. The van der Waals surface area contributed by atoms with E-state index in [1.165, 1.54) is 31.3 Å². The Morgan fingerprint density at radius 1 is 1.29 bits per heavy atom. The summed E-state index contributed by atoms with van der Waals surface area (Å²) in [5.41, 5.74) is 1.22. The lowest BCUT2D eigenvalue weighted by atomic mass is 9.65. The van der Waals surface area contributed by atoms with E-state index in [0.717, 1.165) is 11.8 Å². The molecule has 0 spiro atoms. The fraction of sp³-hybridized carbons (Fsp3) is 0.688. The number of hydrogen-bond acceptors (Lipinski definition) is 1. The van der Waals surface area contributed by atoms with Gasteiger partial charge in [0.15, 0.2) is 5.78 Å². The number of hydrogen-bond donors (Lipinski definition) is 0. The Labute approximate surface area is 105 Å². The molecule has 2 fully saturated rings. The number of allylic oxidation sites excluding steroid dienone is 3. The number of fused-ring (bicyclic) bond motifs is 2. The predicted molar refractivity (Wildman–Crippen MR) is 71.7 cm³/mol. The Bertz CT molecular complexity index is 366. The van der Waals surface area contributed by atoms with E-state index < -0.39 is 0 Å². The van der Waals surface area contributed by atoms with Crippen molar-refractivity contribution in [3.63, 3.8) is 0 Å². The molecule has 2 rings (SSSR count). The highest BCUT2D eigenvalue weighted by Crippen LogP contribution is 2.56. The van der Waals surface area contributed by atoms with E-state index in [2.05, 4.69) is 26.5 Å². The quantitative estimate of drug-likeness (QED) is 0.525. The number of carbonyl (C=O) groups is 1. The topological polar surface area (TPSA) is 17.1 Å². The smallest absolute Gasteiger partial charge is 0.152 e. The summed E-state index contributed by atoms with van der Waals surface area (Å²) >= 11 is 0. The lowest BCUT2D eigenvalue weighted by Gasteiger charge is -2.39. The fourth-order valence-electron chi connectivity index (χ4n) is 3.85. The van der Waals surface area contributed by atoms with Crippen molar-refractivity contribution in [2.45, 2.75) is 46.5 Å². The molecule has 0 aromatic heterocycles. The lowest BCUT2D eigenvalue weighted by Crippen LogP contribution is -2.30. The first-order valence-electron chi connectivity index (χ1n) is 6.79. The normalized spacial score (nSPS) is 35.1. The Morgan fingerprint density at radius 2 is 2.00 bits per heavy atom. The van der Waals surface area contributed by atoms with E-state index in [9.17, 15) is 4.79 Å². The molecule has 2 aliphatic carbocycles. The maximum atomic E-state index is 11.2. The molecule has 0 saturated heterocycles. The van der Waals surface area contributed by atoms with Crippen LogP contribution in [0.25, 0.3) is 0 Å². The third kappa shape index (κ3) is 2.25. The van der Waals surface area contributed by atoms with Gasteiger partial charge in [-0.1, -0.05) is 31.6 Å². The van der Waals surface area contributed by atoms with E-state index in [4.69, 9.17) is 0 Å². The molecule has 0 N–H and O–H groups in total. The third-order valence-electron chi connectivity index (χ3n) is 5.09. The molecule has 94 valence electrons. The van der Waals surface area contributed by atoms with Gasteiger partial charge in [-0.2, -0.15) is 0 Å². The molecule has 0 aromatic rings. The van der Waals surface area contributed by atoms with Crippen molar-refractivity contribution in [1.82, 2.24) is 0 Å². The minimum Gasteiger partial charge on any atom is -0.295 e. The summed E-state index contributed by atoms with van der Waals surface area (Å²) in [6.07, 6.45) is 9.39. The molecule has 0 radical (unpaired) electrons. The summed E-state index contributed by atoms with van der Waals surface area (Å²) in [5.74, 6) is 2.64. The Balaban J connectivity index is 2.22. The second-order valence-electron chi connectivity index (χ2n) is 6.29. The van der Waals surface area contributed by atoms with Crippen LogP contribution in [0.3, 0.4) is 0 Å². The minimum atomic E-state index is 0.0194. The van der Waals surface area contributed by atoms with Crippen LogP contribution in [0.15, 0.2) is 24.3 Å². The highest BCUT2D eigenvalue weighted by molar-refractivity contribution is 5.87. The van der Waals surface area contributed by atoms with Gasteiger partial charge in [0.1, 0.15) is 0 Å². The summed E-state index contributed by atoms with van der Waals surface area (Å²) in [4.78, 5) is 11.2. The Morgan fingerprint density at radius 3 is 2.41 bits per heavy atom. The van der Waals surface area contributed by atoms with Crippen LogP contribution in [0, 0.1) is 23.2 Å². The molecular formula is C16H24O. The van der Waals surface area contributed by atoms with Gasteiger partial charge in [0.05, 0.1) is 0 Å². The van der Waals surface area contributed by atoms with Crippen LogP contribution >= 0.6 is 0 Å². The van der Waals surface area contributed by atoms with Crippen LogP contribution < -0.4 is 0 Å². The maximum absolute atomic E-state index is 11.2. The third-order valence-corrected chi connectivity index (χ3v) is 5.09. The number of rotatable bonds is 4. The monoisotopic (exact) mass is 232 g/mol. The maximum Gasteiger partial charge on any atom is 0.152 e. The van der Waals surface area contributed by atoms with Crippen LogP contribution in [0.1, 0.15) is 46.5 Å². The first-order chi connectivity index (χ1) is 7.93. The van der Waals surface area contributed by atoms with Gasteiger partial charge in [0.25, 0.3) is 0 Å². The lowest BCUT2D eigenvalue weighted by molar-refractivity contribution is -0.112. The summed E-state index contributed by atoms with van der Waals surface area (Å²) in [7, 11) is 0. The van der Waals surface area contributed by atoms with E-state index in [0.29, 0.717) is 5.92 Å². The predicted octanol–water partition coefficient (Wildman–Crippen LogP) is 4.15. The van der Waals surface area contributed by atoms with E-state index in [1.807, 2.05) is 0 Å². The zero-order chi connectivity index (χ0) is 12.6. The molecule has 1 nitrogen and oxygen atoms in total. The average Bonchev–Trinajstić information content (AvgIpc) is 2.87. The van der Waals surface area contributed by atoms with Gasteiger partial charge in [0, 0.05) is 5.41 Å². The Kier molecular flexibility index (Phi) is 3.29. The summed E-state index contributed by atoms with van der Waals surface area (Å²) in [5, 5.41) is 0. The van der Waals surface area contributed by atoms with Crippen LogP contribution in [0.5, 0.6) is 0 Å². The molecule has 0 amide bonds. The van der Waals surface area contributed by atoms with Crippen molar-refractivity contribution >= 4 is 5.78 Å². The molecule has 2 bridgehead atoms. The molecule has 0 aromatic carbocycles.